The zero-order valence-corrected chi connectivity index (χ0v) is 5.53. The van der Waals surface area contributed by atoms with Crippen LogP contribution < -0.4 is 16.4 Å². The van der Waals surface area contributed by atoms with E-state index in [0.717, 1.165) is 0 Å². The number of aromatic nitrogens is 2. The van der Waals surface area contributed by atoms with Crippen LogP contribution in [0.2, 0.25) is 0 Å². The van der Waals surface area contributed by atoms with Crippen LogP contribution in [0, 0.1) is 0 Å². The van der Waals surface area contributed by atoms with E-state index in [1.807, 2.05) is 0 Å². The van der Waals surface area contributed by atoms with Gasteiger partial charge in [0.1, 0.15) is 5.82 Å². The molecule has 1 heterocycles. The van der Waals surface area contributed by atoms with Crippen molar-refractivity contribution >= 4 is 5.82 Å². The highest BCUT2D eigenvalue weighted by molar-refractivity contribution is 5.32. The molecule has 1 rings (SSSR count). The number of aromatic amines is 1. The lowest BCUT2D eigenvalue weighted by molar-refractivity contribution is 0.954. The van der Waals surface area contributed by atoms with E-state index < -0.39 is 0 Å². The predicted molar refractivity (Wildman–Crippen MR) is 37.4 cm³/mol. The van der Waals surface area contributed by atoms with Crippen LogP contribution in [-0.4, -0.2) is 17.0 Å². The van der Waals surface area contributed by atoms with Crippen LogP contribution in [0.4, 0.5) is 5.82 Å². The summed E-state index contributed by atoms with van der Waals surface area (Å²) < 4.78 is 0. The molecule has 0 atom stereocenters. The molecule has 0 aliphatic carbocycles. The monoisotopic (exact) mass is 140 g/mol. The number of nitrogens with two attached hydrogens (primary N) is 1. The van der Waals surface area contributed by atoms with Gasteiger partial charge in [0, 0.05) is 13.1 Å². The van der Waals surface area contributed by atoms with Gasteiger partial charge in [-0.1, -0.05) is 0 Å². The SMILES string of the molecule is CN(N)c1cc(=O)[nH]cn1. The van der Waals surface area contributed by atoms with E-state index in [1.165, 1.54) is 17.4 Å². The number of hydrogen-bond acceptors (Lipinski definition) is 4. The largest absolute Gasteiger partial charge is 0.313 e. The van der Waals surface area contributed by atoms with Gasteiger partial charge in [-0.3, -0.25) is 9.80 Å². The molecule has 54 valence electrons. The summed E-state index contributed by atoms with van der Waals surface area (Å²) >= 11 is 0. The van der Waals surface area contributed by atoms with Crippen LogP contribution in [0.15, 0.2) is 17.2 Å². The number of nitrogens with one attached hydrogen (secondary N) is 1. The van der Waals surface area contributed by atoms with E-state index >= 15 is 0 Å². The maximum atomic E-state index is 10.6. The van der Waals surface area contributed by atoms with Gasteiger partial charge in [0.2, 0.25) is 0 Å². The molecule has 0 aliphatic heterocycles. The normalized spacial score (nSPS) is 9.40. The fourth-order valence-corrected chi connectivity index (χ4v) is 0.551. The van der Waals surface area contributed by atoms with Crippen molar-refractivity contribution in [2.75, 3.05) is 12.1 Å². The van der Waals surface area contributed by atoms with Crippen LogP contribution in [0.1, 0.15) is 0 Å². The highest BCUT2D eigenvalue weighted by atomic mass is 16.1. The third kappa shape index (κ3) is 1.32. The van der Waals surface area contributed by atoms with E-state index in [2.05, 4.69) is 9.97 Å². The Morgan fingerprint density at radius 3 is 2.90 bits per heavy atom. The van der Waals surface area contributed by atoms with E-state index in [0.29, 0.717) is 5.82 Å². The lowest BCUT2D eigenvalue weighted by Crippen LogP contribution is -2.27. The Kier molecular flexibility index (Phi) is 1.68. The molecule has 0 saturated heterocycles. The zero-order chi connectivity index (χ0) is 7.56. The first-order valence-corrected chi connectivity index (χ1v) is 2.73. The van der Waals surface area contributed by atoms with Gasteiger partial charge in [-0.05, 0) is 0 Å². The molecular weight excluding hydrogens is 132 g/mol. The Morgan fingerprint density at radius 2 is 2.50 bits per heavy atom. The van der Waals surface area contributed by atoms with Crippen molar-refractivity contribution in [2.24, 2.45) is 5.84 Å². The number of hydrogen-bond donors (Lipinski definition) is 2. The molecule has 10 heavy (non-hydrogen) atoms. The summed E-state index contributed by atoms with van der Waals surface area (Å²) in [6.07, 6.45) is 1.31. The van der Waals surface area contributed by atoms with Gasteiger partial charge in [-0.25, -0.2) is 10.8 Å². The molecule has 1 aromatic heterocycles. The maximum absolute atomic E-state index is 10.6. The Labute approximate surface area is 57.5 Å². The minimum absolute atomic E-state index is 0.206. The van der Waals surface area contributed by atoms with Gasteiger partial charge in [0.05, 0.1) is 6.33 Å². The molecule has 3 N–H and O–H groups in total. The number of nitrogens with zero attached hydrogens (tertiary/aromatic N) is 2. The van der Waals surface area contributed by atoms with Gasteiger partial charge >= 0.3 is 0 Å². The third-order valence-corrected chi connectivity index (χ3v) is 1.03. The van der Waals surface area contributed by atoms with Crippen molar-refractivity contribution in [3.05, 3.63) is 22.7 Å². The number of anilines is 1. The van der Waals surface area contributed by atoms with Crippen LogP contribution >= 0.6 is 0 Å². The van der Waals surface area contributed by atoms with Crippen molar-refractivity contribution in [3.63, 3.8) is 0 Å². The first-order valence-electron chi connectivity index (χ1n) is 2.73. The molecule has 1 aromatic rings. The van der Waals surface area contributed by atoms with Crippen molar-refractivity contribution in [2.45, 2.75) is 0 Å². The Hall–Kier alpha value is -1.36. The Bertz CT molecular complexity index is 266. The number of hydrazine groups is 1. The molecule has 5 heteroatoms. The van der Waals surface area contributed by atoms with E-state index in [1.54, 1.807) is 7.05 Å². The van der Waals surface area contributed by atoms with Crippen molar-refractivity contribution in [3.8, 4) is 0 Å². The van der Waals surface area contributed by atoms with Gasteiger partial charge in [0.25, 0.3) is 5.56 Å². The van der Waals surface area contributed by atoms with Gasteiger partial charge in [0.15, 0.2) is 0 Å². The average molecular weight is 140 g/mol. The molecule has 0 radical (unpaired) electrons. The Morgan fingerprint density at radius 1 is 1.80 bits per heavy atom. The standard InChI is InChI=1S/C5H8N4O/c1-9(6)4-2-5(10)8-3-7-4/h2-3H,6H2,1H3,(H,7,8,10). The van der Waals surface area contributed by atoms with Crippen LogP contribution in [0.3, 0.4) is 0 Å². The maximum Gasteiger partial charge on any atom is 0.252 e. The third-order valence-electron chi connectivity index (χ3n) is 1.03. The topological polar surface area (TPSA) is 75.0 Å². The second-order valence-electron chi connectivity index (χ2n) is 1.88. The van der Waals surface area contributed by atoms with Crippen molar-refractivity contribution < 1.29 is 0 Å². The molecule has 0 amide bonds. The summed E-state index contributed by atoms with van der Waals surface area (Å²) in [7, 11) is 1.61. The molecule has 0 unspecified atom stereocenters. The first kappa shape index (κ1) is 6.76. The highest BCUT2D eigenvalue weighted by Crippen LogP contribution is 1.95. The minimum Gasteiger partial charge on any atom is -0.313 e. The van der Waals surface area contributed by atoms with E-state index in [4.69, 9.17) is 5.84 Å². The zero-order valence-electron chi connectivity index (χ0n) is 5.53. The van der Waals surface area contributed by atoms with Crippen LogP contribution in [0.5, 0.6) is 0 Å². The lowest BCUT2D eigenvalue weighted by atomic mass is 10.6. The molecule has 0 saturated carbocycles. The van der Waals surface area contributed by atoms with Gasteiger partial charge in [-0.2, -0.15) is 0 Å². The summed E-state index contributed by atoms with van der Waals surface area (Å²) in [5.74, 6) is 5.75. The second kappa shape index (κ2) is 2.49. The quantitative estimate of drug-likeness (QED) is 0.390. The smallest absolute Gasteiger partial charge is 0.252 e. The average Bonchev–Trinajstić information content (AvgIpc) is 1.88. The Balaban J connectivity index is 3.07. The molecule has 0 aromatic carbocycles. The number of H-pyrrole nitrogens is 1. The fourth-order valence-electron chi connectivity index (χ4n) is 0.551. The highest BCUT2D eigenvalue weighted by Gasteiger charge is 1.94. The van der Waals surface area contributed by atoms with Crippen molar-refractivity contribution in [1.29, 1.82) is 0 Å². The van der Waals surface area contributed by atoms with Crippen molar-refractivity contribution in [1.82, 2.24) is 9.97 Å². The number of rotatable bonds is 1. The molecule has 0 aliphatic rings. The summed E-state index contributed by atoms with van der Waals surface area (Å²) in [5, 5.41) is 1.27. The molecular formula is C5H8N4O. The summed E-state index contributed by atoms with van der Waals surface area (Å²) in [6.45, 7) is 0. The molecule has 5 nitrogen and oxygen atoms in total. The lowest BCUT2D eigenvalue weighted by Gasteiger charge is -2.07. The van der Waals surface area contributed by atoms with Gasteiger partial charge < -0.3 is 4.98 Å². The van der Waals surface area contributed by atoms with Crippen LogP contribution in [0.25, 0.3) is 0 Å². The minimum atomic E-state index is -0.206. The van der Waals surface area contributed by atoms with Crippen LogP contribution in [-0.2, 0) is 0 Å². The first-order chi connectivity index (χ1) is 4.70. The van der Waals surface area contributed by atoms with Gasteiger partial charge in [-0.15, -0.1) is 0 Å². The molecule has 0 fully saturated rings. The summed E-state index contributed by atoms with van der Waals surface area (Å²) in [6, 6.07) is 1.32. The van der Waals surface area contributed by atoms with E-state index in [-0.39, 0.29) is 5.56 Å². The predicted octanol–water partition coefficient (Wildman–Crippen LogP) is -0.920. The summed E-state index contributed by atoms with van der Waals surface area (Å²) in [4.78, 5) is 16.8. The summed E-state index contributed by atoms with van der Waals surface area (Å²) in [5.41, 5.74) is -0.206. The van der Waals surface area contributed by atoms with E-state index in [9.17, 15) is 4.79 Å². The molecule has 0 spiro atoms. The second-order valence-corrected chi connectivity index (χ2v) is 1.88. The molecule has 0 bridgehead atoms. The fraction of sp³-hybridized carbons (Fsp3) is 0.200.